The van der Waals surface area contributed by atoms with Crippen molar-refractivity contribution in [3.05, 3.63) is 17.5 Å². The normalized spacial score (nSPS) is 19.8. The minimum absolute atomic E-state index is 0.219. The molecule has 0 saturated carbocycles. The van der Waals surface area contributed by atoms with Gasteiger partial charge in [-0.05, 0) is 25.7 Å². The van der Waals surface area contributed by atoms with Gasteiger partial charge in [-0.2, -0.15) is 0 Å². The summed E-state index contributed by atoms with van der Waals surface area (Å²) in [6.45, 7) is 3.65. The molecule has 5 heteroatoms. The summed E-state index contributed by atoms with van der Waals surface area (Å²) in [5.74, 6) is 1.21. The highest BCUT2D eigenvalue weighted by atomic mass is 35.5. The monoisotopic (exact) mass is 241 g/mol. The van der Waals surface area contributed by atoms with Crippen LogP contribution in [0.5, 0.6) is 0 Å². The maximum atomic E-state index is 9.52. The second-order valence-electron chi connectivity index (χ2n) is 4.26. The van der Waals surface area contributed by atoms with Gasteiger partial charge in [-0.1, -0.05) is 11.6 Å². The van der Waals surface area contributed by atoms with E-state index in [1.165, 1.54) is 6.33 Å². The number of hydrogen-bond acceptors (Lipinski definition) is 4. The van der Waals surface area contributed by atoms with E-state index < -0.39 is 0 Å². The second-order valence-corrected chi connectivity index (χ2v) is 4.67. The Hall–Kier alpha value is -0.870. The molecule has 2 heterocycles. The molecule has 0 amide bonds. The zero-order valence-electron chi connectivity index (χ0n) is 9.30. The molecule has 1 unspecified atom stereocenters. The molecule has 1 aromatic heterocycles. The minimum Gasteiger partial charge on any atom is -0.393 e. The van der Waals surface area contributed by atoms with Crippen LogP contribution in [0.25, 0.3) is 0 Å². The van der Waals surface area contributed by atoms with Gasteiger partial charge in [0.25, 0.3) is 0 Å². The molecule has 1 aromatic rings. The third-order valence-corrected chi connectivity index (χ3v) is 3.44. The Balaban J connectivity index is 2.02. The fourth-order valence-electron chi connectivity index (χ4n) is 2.13. The summed E-state index contributed by atoms with van der Waals surface area (Å²) < 4.78 is 0. The van der Waals surface area contributed by atoms with Crippen molar-refractivity contribution < 1.29 is 5.11 Å². The van der Waals surface area contributed by atoms with Gasteiger partial charge in [-0.25, -0.2) is 9.97 Å². The van der Waals surface area contributed by atoms with Crippen LogP contribution in [-0.4, -0.2) is 34.3 Å². The van der Waals surface area contributed by atoms with E-state index in [0.717, 1.165) is 31.7 Å². The highest BCUT2D eigenvalue weighted by molar-refractivity contribution is 6.32. The molecule has 2 rings (SSSR count). The molecule has 1 aliphatic heterocycles. The van der Waals surface area contributed by atoms with E-state index in [9.17, 15) is 5.11 Å². The molecule has 1 atom stereocenters. The fourth-order valence-corrected chi connectivity index (χ4v) is 2.36. The van der Waals surface area contributed by atoms with Crippen molar-refractivity contribution >= 4 is 17.4 Å². The Bertz CT molecular complexity index is 351. The summed E-state index contributed by atoms with van der Waals surface area (Å²) in [5, 5.41) is 10.1. The van der Waals surface area contributed by atoms with Gasteiger partial charge in [0.05, 0.1) is 12.3 Å². The van der Waals surface area contributed by atoms with Gasteiger partial charge < -0.3 is 10.0 Å². The Morgan fingerprint density at radius 1 is 1.50 bits per heavy atom. The smallest absolute Gasteiger partial charge is 0.150 e. The van der Waals surface area contributed by atoms with Gasteiger partial charge in [0.2, 0.25) is 0 Å². The lowest BCUT2D eigenvalue weighted by Crippen LogP contribution is -2.37. The van der Waals surface area contributed by atoms with E-state index >= 15 is 0 Å². The van der Waals surface area contributed by atoms with Crippen LogP contribution in [0.15, 0.2) is 12.5 Å². The van der Waals surface area contributed by atoms with Crippen LogP contribution in [0.1, 0.15) is 19.8 Å². The number of rotatable bonds is 2. The molecule has 16 heavy (non-hydrogen) atoms. The summed E-state index contributed by atoms with van der Waals surface area (Å²) in [4.78, 5) is 10.2. The van der Waals surface area contributed by atoms with Gasteiger partial charge in [0.1, 0.15) is 11.3 Å². The van der Waals surface area contributed by atoms with Crippen LogP contribution in [0.3, 0.4) is 0 Å². The van der Waals surface area contributed by atoms with Crippen molar-refractivity contribution in [1.82, 2.24) is 9.97 Å². The minimum atomic E-state index is -0.219. The van der Waals surface area contributed by atoms with E-state index in [0.29, 0.717) is 10.9 Å². The summed E-state index contributed by atoms with van der Waals surface area (Å²) >= 11 is 6.04. The quantitative estimate of drug-likeness (QED) is 0.857. The van der Waals surface area contributed by atoms with E-state index in [1.54, 1.807) is 6.20 Å². The van der Waals surface area contributed by atoms with E-state index in [4.69, 9.17) is 11.6 Å². The average molecular weight is 242 g/mol. The molecular formula is C11H16ClN3O. The molecule has 1 N–H and O–H groups in total. The Labute approximate surface area is 100 Å². The lowest BCUT2D eigenvalue weighted by Gasteiger charge is -2.34. The van der Waals surface area contributed by atoms with Crippen LogP contribution < -0.4 is 4.90 Å². The number of hydrogen-bond donors (Lipinski definition) is 1. The molecule has 0 radical (unpaired) electrons. The van der Waals surface area contributed by atoms with E-state index in [-0.39, 0.29) is 6.10 Å². The highest BCUT2D eigenvalue weighted by Crippen LogP contribution is 2.27. The standard InChI is InChI=1S/C11H16ClN3O/c1-8(16)9-2-4-15(5-3-9)11-10(12)6-13-7-14-11/h6-9,16H,2-5H2,1H3. The molecule has 0 aromatic carbocycles. The number of aliphatic hydroxyl groups excluding tert-OH is 1. The lowest BCUT2D eigenvalue weighted by molar-refractivity contribution is 0.110. The highest BCUT2D eigenvalue weighted by Gasteiger charge is 2.24. The molecule has 4 nitrogen and oxygen atoms in total. The summed E-state index contributed by atoms with van der Waals surface area (Å²) in [5.41, 5.74) is 0. The fraction of sp³-hybridized carbons (Fsp3) is 0.636. The lowest BCUT2D eigenvalue weighted by atomic mass is 9.92. The first kappa shape index (κ1) is 11.6. The van der Waals surface area contributed by atoms with E-state index in [1.807, 2.05) is 6.92 Å². The van der Waals surface area contributed by atoms with Gasteiger partial charge in [-0.3, -0.25) is 0 Å². The maximum absolute atomic E-state index is 9.52. The number of halogens is 1. The van der Waals surface area contributed by atoms with Crippen molar-refractivity contribution in [2.24, 2.45) is 5.92 Å². The first-order chi connectivity index (χ1) is 7.68. The van der Waals surface area contributed by atoms with Crippen molar-refractivity contribution in [3.63, 3.8) is 0 Å². The number of aromatic nitrogens is 2. The predicted octanol–water partition coefficient (Wildman–Crippen LogP) is 1.73. The molecule has 0 spiro atoms. The maximum Gasteiger partial charge on any atom is 0.150 e. The van der Waals surface area contributed by atoms with Crippen molar-refractivity contribution in [2.45, 2.75) is 25.9 Å². The number of anilines is 1. The average Bonchev–Trinajstić information content (AvgIpc) is 2.30. The number of aliphatic hydroxyl groups is 1. The largest absolute Gasteiger partial charge is 0.393 e. The zero-order chi connectivity index (χ0) is 11.5. The first-order valence-electron chi connectivity index (χ1n) is 5.57. The van der Waals surface area contributed by atoms with Crippen LogP contribution >= 0.6 is 11.6 Å². The number of piperidine rings is 1. The molecule has 1 aliphatic rings. The van der Waals surface area contributed by atoms with Crippen LogP contribution in [0, 0.1) is 5.92 Å². The van der Waals surface area contributed by atoms with Crippen LogP contribution in [-0.2, 0) is 0 Å². The van der Waals surface area contributed by atoms with Crippen LogP contribution in [0.2, 0.25) is 5.02 Å². The Morgan fingerprint density at radius 3 is 2.75 bits per heavy atom. The van der Waals surface area contributed by atoms with Gasteiger partial charge in [0, 0.05) is 13.1 Å². The number of nitrogens with zero attached hydrogens (tertiary/aromatic N) is 3. The molecular weight excluding hydrogens is 226 g/mol. The molecule has 1 saturated heterocycles. The second kappa shape index (κ2) is 4.97. The molecule has 0 aliphatic carbocycles. The van der Waals surface area contributed by atoms with Crippen LogP contribution in [0.4, 0.5) is 5.82 Å². The SMILES string of the molecule is CC(O)C1CCN(c2ncncc2Cl)CC1. The Morgan fingerprint density at radius 2 is 2.19 bits per heavy atom. The summed E-state index contributed by atoms with van der Waals surface area (Å²) in [6.07, 6.45) is 4.88. The molecule has 88 valence electrons. The van der Waals surface area contributed by atoms with Gasteiger partial charge >= 0.3 is 0 Å². The topological polar surface area (TPSA) is 49.2 Å². The third-order valence-electron chi connectivity index (χ3n) is 3.17. The predicted molar refractivity (Wildman–Crippen MR) is 63.7 cm³/mol. The third kappa shape index (κ3) is 2.44. The Kier molecular flexibility index (Phi) is 3.61. The molecule has 0 bridgehead atoms. The van der Waals surface area contributed by atoms with Gasteiger partial charge in [-0.15, -0.1) is 0 Å². The summed E-state index contributed by atoms with van der Waals surface area (Å²) in [6, 6.07) is 0. The van der Waals surface area contributed by atoms with Crippen molar-refractivity contribution in [2.75, 3.05) is 18.0 Å². The first-order valence-corrected chi connectivity index (χ1v) is 5.95. The zero-order valence-corrected chi connectivity index (χ0v) is 10.1. The van der Waals surface area contributed by atoms with Crippen molar-refractivity contribution in [3.8, 4) is 0 Å². The van der Waals surface area contributed by atoms with Crippen molar-refractivity contribution in [1.29, 1.82) is 0 Å². The van der Waals surface area contributed by atoms with Gasteiger partial charge in [0.15, 0.2) is 5.82 Å². The van der Waals surface area contributed by atoms with E-state index in [2.05, 4.69) is 14.9 Å². The summed E-state index contributed by atoms with van der Waals surface area (Å²) in [7, 11) is 0. The molecule has 1 fully saturated rings.